The molecule has 1 aromatic heterocycles. The maximum atomic E-state index is 13.8. The van der Waals surface area contributed by atoms with Crippen LogP contribution < -0.4 is 9.64 Å². The average Bonchev–Trinajstić information content (AvgIpc) is 3.54. The molecule has 2 saturated heterocycles. The van der Waals surface area contributed by atoms with Crippen molar-refractivity contribution in [3.05, 3.63) is 59.9 Å². The molecule has 0 N–H and O–H groups in total. The molecule has 3 heterocycles. The van der Waals surface area contributed by atoms with Crippen molar-refractivity contribution in [3.63, 3.8) is 0 Å². The van der Waals surface area contributed by atoms with Crippen LogP contribution in [0.3, 0.4) is 0 Å². The predicted octanol–water partition coefficient (Wildman–Crippen LogP) is 5.31. The highest BCUT2D eigenvalue weighted by atomic mass is 19.1. The van der Waals surface area contributed by atoms with Crippen molar-refractivity contribution in [3.8, 4) is 23.2 Å². The molecule has 0 spiro atoms. The van der Waals surface area contributed by atoms with Gasteiger partial charge in [0.25, 0.3) is 5.91 Å². The molecule has 2 fully saturated rings. The monoisotopic (exact) mass is 582 g/mol. The van der Waals surface area contributed by atoms with E-state index in [1.807, 2.05) is 0 Å². The zero-order valence-corrected chi connectivity index (χ0v) is 25.3. The number of benzene rings is 2. The molecule has 1 amide bonds. The van der Waals surface area contributed by atoms with Crippen molar-refractivity contribution >= 4 is 22.6 Å². The van der Waals surface area contributed by atoms with Crippen molar-refractivity contribution in [2.45, 2.75) is 58.0 Å². The lowest BCUT2D eigenvalue weighted by atomic mass is 9.89. The highest BCUT2D eigenvalue weighted by molar-refractivity contribution is 5.94. The van der Waals surface area contributed by atoms with Gasteiger partial charge in [0.2, 0.25) is 0 Å². The lowest BCUT2D eigenvalue weighted by Gasteiger charge is -2.41. The van der Waals surface area contributed by atoms with Gasteiger partial charge in [-0.2, -0.15) is 15.2 Å². The average molecular weight is 583 g/mol. The second-order valence-electron chi connectivity index (χ2n) is 13.0. The number of piperazine rings is 1. The van der Waals surface area contributed by atoms with E-state index in [9.17, 15) is 14.4 Å². The van der Waals surface area contributed by atoms with Crippen LogP contribution in [-0.2, 0) is 17.6 Å². The van der Waals surface area contributed by atoms with Crippen molar-refractivity contribution in [2.24, 2.45) is 5.41 Å². The summed E-state index contributed by atoms with van der Waals surface area (Å²) in [5.74, 6) is -1.08. The highest BCUT2D eigenvalue weighted by Crippen LogP contribution is 2.42. The molecule has 2 aliphatic heterocycles. The first-order valence-corrected chi connectivity index (χ1v) is 15.2. The number of ether oxygens (including phenoxy) is 1. The van der Waals surface area contributed by atoms with Crippen LogP contribution in [-0.4, -0.2) is 77.6 Å². The van der Waals surface area contributed by atoms with E-state index in [1.54, 1.807) is 0 Å². The number of anilines is 1. The minimum absolute atomic E-state index is 0.0789. The molecule has 8 nitrogen and oxygen atoms in total. The number of rotatable bonds is 7. The smallest absolute Gasteiger partial charge is 0.319 e. The summed E-state index contributed by atoms with van der Waals surface area (Å²) in [5, 5.41) is 10.4. The molecule has 2 atom stereocenters. The lowest BCUT2D eigenvalue weighted by molar-refractivity contribution is -0.131. The Morgan fingerprint density at radius 1 is 1.16 bits per heavy atom. The Hall–Kier alpha value is -4.03. The van der Waals surface area contributed by atoms with Crippen LogP contribution in [0.1, 0.15) is 44.2 Å². The number of nitriles is 1. The number of halogens is 1. The van der Waals surface area contributed by atoms with Crippen LogP contribution >= 0.6 is 0 Å². The maximum absolute atomic E-state index is 13.8. The first-order valence-electron chi connectivity index (χ1n) is 15.2. The molecule has 224 valence electrons. The molecule has 2 aromatic carbocycles. The molecule has 6 rings (SSSR count). The van der Waals surface area contributed by atoms with Gasteiger partial charge in [-0.1, -0.05) is 44.7 Å². The van der Waals surface area contributed by atoms with Gasteiger partial charge >= 0.3 is 6.01 Å². The van der Waals surface area contributed by atoms with Crippen LogP contribution in [0.4, 0.5) is 10.2 Å². The molecular weight excluding hydrogens is 543 g/mol. The fourth-order valence-corrected chi connectivity index (χ4v) is 7.01. The van der Waals surface area contributed by atoms with Crippen LogP contribution in [0.5, 0.6) is 6.01 Å². The summed E-state index contributed by atoms with van der Waals surface area (Å²) < 4.78 is 20.0. The minimum Gasteiger partial charge on any atom is -0.462 e. The number of amides is 1. The quantitative estimate of drug-likeness (QED) is 0.349. The number of likely N-dealkylation sites (N-methyl/N-ethyl adjacent to an activating group) is 1. The Bertz CT molecular complexity index is 1610. The summed E-state index contributed by atoms with van der Waals surface area (Å²) in [5.41, 5.74) is 6.15. The van der Waals surface area contributed by atoms with E-state index in [-0.39, 0.29) is 18.4 Å². The Labute approximate surface area is 252 Å². The van der Waals surface area contributed by atoms with E-state index in [2.05, 4.69) is 79.7 Å². The molecule has 0 radical (unpaired) electrons. The van der Waals surface area contributed by atoms with E-state index in [4.69, 9.17) is 14.7 Å². The van der Waals surface area contributed by atoms with Gasteiger partial charge in [-0.15, -0.1) is 0 Å². The number of nitrogens with zero attached hydrogens (tertiary/aromatic N) is 6. The summed E-state index contributed by atoms with van der Waals surface area (Å²) in [7, 11) is 2.11. The third kappa shape index (κ3) is 5.81. The minimum atomic E-state index is -1.01. The second-order valence-corrected chi connectivity index (χ2v) is 13.0. The van der Waals surface area contributed by atoms with Crippen molar-refractivity contribution in [1.82, 2.24) is 19.8 Å². The Morgan fingerprint density at radius 2 is 2.00 bits per heavy atom. The predicted molar refractivity (Wildman–Crippen MR) is 166 cm³/mol. The van der Waals surface area contributed by atoms with Gasteiger partial charge in [0, 0.05) is 31.1 Å². The lowest BCUT2D eigenvalue weighted by Crippen LogP contribution is -2.55. The molecule has 43 heavy (non-hydrogen) atoms. The van der Waals surface area contributed by atoms with Gasteiger partial charge in [0.15, 0.2) is 5.83 Å². The molecule has 0 saturated carbocycles. The highest BCUT2D eigenvalue weighted by Gasteiger charge is 2.34. The van der Waals surface area contributed by atoms with Crippen LogP contribution in [0.25, 0.3) is 22.0 Å². The fraction of sp³-hybridized carbons (Fsp3) is 0.471. The summed E-state index contributed by atoms with van der Waals surface area (Å²) in [6.45, 7) is 10.4. The molecule has 0 bridgehead atoms. The van der Waals surface area contributed by atoms with E-state index < -0.39 is 17.8 Å². The zero-order chi connectivity index (χ0) is 30.3. The number of hydrogen-bond acceptors (Lipinski definition) is 7. The number of likely N-dealkylation sites (tertiary alicyclic amines) is 1. The topological polar surface area (TPSA) is 85.6 Å². The number of aromatic nitrogens is 2. The van der Waals surface area contributed by atoms with Crippen molar-refractivity contribution in [2.75, 3.05) is 44.7 Å². The maximum Gasteiger partial charge on any atom is 0.319 e. The van der Waals surface area contributed by atoms with Gasteiger partial charge in [-0.05, 0) is 79.1 Å². The molecule has 3 aliphatic rings. The zero-order valence-electron chi connectivity index (χ0n) is 25.3. The number of hydrogen-bond donors (Lipinski definition) is 0. The molecule has 0 unspecified atom stereocenters. The fourth-order valence-electron chi connectivity index (χ4n) is 7.01. The summed E-state index contributed by atoms with van der Waals surface area (Å²) in [6.07, 6.45) is 4.39. The van der Waals surface area contributed by atoms with E-state index in [1.165, 1.54) is 21.6 Å². The van der Waals surface area contributed by atoms with Crippen LogP contribution in [0.15, 0.2) is 48.8 Å². The van der Waals surface area contributed by atoms with Crippen molar-refractivity contribution < 1.29 is 13.9 Å². The second kappa shape index (κ2) is 11.6. The van der Waals surface area contributed by atoms with Gasteiger partial charge in [0.1, 0.15) is 12.4 Å². The van der Waals surface area contributed by atoms with E-state index >= 15 is 0 Å². The van der Waals surface area contributed by atoms with Gasteiger partial charge in [-0.3, -0.25) is 4.79 Å². The summed E-state index contributed by atoms with van der Waals surface area (Å²) >= 11 is 0. The standard InChI is InChI=1S/C34H39FN6O2/c1-22(35)32(42)41-16-15-40(20-25(41)12-13-36)31-28-11-10-23(27-9-5-7-24-18-34(2,3)19-29(24)27)17-30(28)37-33(38-31)43-21-26-8-6-14-39(26)4/h5,7,9-11,17,25-26H,1,6,8,12,14-16,18-21H2,2-4H3/t25-,26-/m0/s1. The van der Waals surface area contributed by atoms with E-state index in [0.29, 0.717) is 37.6 Å². The van der Waals surface area contributed by atoms with Gasteiger partial charge in [-0.25, -0.2) is 4.39 Å². The van der Waals surface area contributed by atoms with Crippen LogP contribution in [0.2, 0.25) is 0 Å². The Balaban J connectivity index is 1.38. The van der Waals surface area contributed by atoms with Crippen molar-refractivity contribution in [1.29, 1.82) is 5.26 Å². The van der Waals surface area contributed by atoms with E-state index in [0.717, 1.165) is 48.7 Å². The molecule has 9 heteroatoms. The first-order chi connectivity index (χ1) is 20.6. The first kappa shape index (κ1) is 29.1. The molecular formula is C34H39FN6O2. The summed E-state index contributed by atoms with van der Waals surface area (Å²) in [4.78, 5) is 28.1. The Morgan fingerprint density at radius 3 is 2.74 bits per heavy atom. The SMILES string of the molecule is C=C(F)C(=O)N1CCN(c2nc(OC[C@@H]3CCCN3C)nc3cc(-c4cccc5c4CC(C)(C)C5)ccc23)C[C@@H]1CC#N. The third-order valence-electron chi connectivity index (χ3n) is 9.24. The number of fused-ring (bicyclic) bond motifs is 2. The molecule has 3 aromatic rings. The Kier molecular flexibility index (Phi) is 7.82. The molecule has 1 aliphatic carbocycles. The number of carbonyl (C=O) groups excluding carboxylic acids is 1. The van der Waals surface area contributed by atoms with Gasteiger partial charge < -0.3 is 19.4 Å². The normalized spacial score (nSPS) is 21.6. The van der Waals surface area contributed by atoms with Gasteiger partial charge in [0.05, 0.1) is 24.0 Å². The third-order valence-corrected chi connectivity index (χ3v) is 9.24. The number of carbonyl (C=O) groups is 1. The summed E-state index contributed by atoms with van der Waals surface area (Å²) in [6, 6.07) is 15.2. The largest absolute Gasteiger partial charge is 0.462 e. The van der Waals surface area contributed by atoms with Crippen LogP contribution in [0, 0.1) is 16.7 Å².